The average Bonchev–Trinajstić information content (AvgIpc) is 1.89. The molecule has 0 saturated heterocycles. The first kappa shape index (κ1) is 9.62. The van der Waals surface area contributed by atoms with Crippen molar-refractivity contribution in [2.24, 2.45) is 0 Å². The largest absolute Gasteiger partial charge is 0.396 e. The van der Waals surface area contributed by atoms with Gasteiger partial charge in [-0.3, -0.25) is 0 Å². The van der Waals surface area contributed by atoms with E-state index in [1.807, 2.05) is 0 Å². The van der Waals surface area contributed by atoms with Gasteiger partial charge in [-0.25, -0.2) is 0 Å². The third kappa shape index (κ3) is 6.51. The van der Waals surface area contributed by atoms with Crippen LogP contribution in [0.4, 0.5) is 0 Å². The lowest BCUT2D eigenvalue weighted by molar-refractivity contribution is 0.225. The maximum Gasteiger partial charge on any atom is 0.0718 e. The fraction of sp³-hybridized carbons (Fsp3) is 1.00. The highest BCUT2D eigenvalue weighted by atomic mass is 32.2. The first-order chi connectivity index (χ1) is 4.31. The van der Waals surface area contributed by atoms with Gasteiger partial charge in [-0.1, -0.05) is 0 Å². The highest BCUT2D eigenvalue weighted by molar-refractivity contribution is 7.99. The molecule has 0 aromatic rings. The molecule has 0 aliphatic heterocycles. The van der Waals surface area contributed by atoms with Gasteiger partial charge in [0, 0.05) is 17.3 Å². The summed E-state index contributed by atoms with van der Waals surface area (Å²) < 4.78 is 0. The van der Waals surface area contributed by atoms with Crippen LogP contribution in [0.3, 0.4) is 0 Å². The molecule has 0 aliphatic rings. The molecule has 0 aromatic carbocycles. The van der Waals surface area contributed by atoms with Gasteiger partial charge in [0.15, 0.2) is 0 Å². The SMILES string of the molecule is OCCSCC(O)CS. The summed E-state index contributed by atoms with van der Waals surface area (Å²) in [5.74, 6) is 1.87. The lowest BCUT2D eigenvalue weighted by atomic mass is 10.5. The summed E-state index contributed by atoms with van der Waals surface area (Å²) in [6, 6.07) is 0. The van der Waals surface area contributed by atoms with E-state index in [1.165, 1.54) is 11.8 Å². The predicted octanol–water partition coefficient (Wildman–Crippen LogP) is 0.00260. The van der Waals surface area contributed by atoms with E-state index in [4.69, 9.17) is 10.2 Å². The quantitative estimate of drug-likeness (QED) is 0.400. The molecule has 0 rings (SSSR count). The lowest BCUT2D eigenvalue weighted by Crippen LogP contribution is -2.12. The molecule has 1 atom stereocenters. The number of rotatable bonds is 5. The van der Waals surface area contributed by atoms with E-state index in [2.05, 4.69) is 12.6 Å². The van der Waals surface area contributed by atoms with Crippen LogP contribution in [0.15, 0.2) is 0 Å². The van der Waals surface area contributed by atoms with Gasteiger partial charge in [-0.2, -0.15) is 24.4 Å². The molecule has 0 fully saturated rings. The molecule has 1 unspecified atom stereocenters. The number of thioether (sulfide) groups is 1. The van der Waals surface area contributed by atoms with Crippen LogP contribution >= 0.6 is 24.4 Å². The Balaban J connectivity index is 2.88. The van der Waals surface area contributed by atoms with E-state index in [0.717, 1.165) is 0 Å². The van der Waals surface area contributed by atoms with Crippen LogP contribution in [0.5, 0.6) is 0 Å². The van der Waals surface area contributed by atoms with E-state index >= 15 is 0 Å². The Morgan fingerprint density at radius 3 is 2.67 bits per heavy atom. The highest BCUT2D eigenvalue weighted by Gasteiger charge is 1.98. The highest BCUT2D eigenvalue weighted by Crippen LogP contribution is 2.02. The normalized spacial score (nSPS) is 13.7. The minimum atomic E-state index is -0.329. The van der Waals surface area contributed by atoms with Crippen molar-refractivity contribution in [2.75, 3.05) is 23.9 Å². The second kappa shape index (κ2) is 6.74. The molecule has 2 N–H and O–H groups in total. The summed E-state index contributed by atoms with van der Waals surface area (Å²) in [5.41, 5.74) is 0. The van der Waals surface area contributed by atoms with Gasteiger partial charge in [0.25, 0.3) is 0 Å². The van der Waals surface area contributed by atoms with Crippen molar-refractivity contribution in [1.82, 2.24) is 0 Å². The van der Waals surface area contributed by atoms with Crippen molar-refractivity contribution in [1.29, 1.82) is 0 Å². The molecule has 0 aliphatic carbocycles. The minimum absolute atomic E-state index is 0.184. The molecule has 0 saturated carbocycles. The van der Waals surface area contributed by atoms with Gasteiger partial charge >= 0.3 is 0 Å². The van der Waals surface area contributed by atoms with Crippen molar-refractivity contribution >= 4 is 24.4 Å². The minimum Gasteiger partial charge on any atom is -0.396 e. The summed E-state index contributed by atoms with van der Waals surface area (Å²) in [7, 11) is 0. The standard InChI is InChI=1S/C5H12O2S2/c6-1-2-9-4-5(7)3-8/h5-8H,1-4H2. The molecule has 0 bridgehead atoms. The summed E-state index contributed by atoms with van der Waals surface area (Å²) >= 11 is 5.43. The molecule has 0 spiro atoms. The fourth-order valence-electron chi connectivity index (χ4n) is 0.337. The Morgan fingerprint density at radius 1 is 1.56 bits per heavy atom. The summed E-state index contributed by atoms with van der Waals surface area (Å²) in [5, 5.41) is 17.2. The zero-order valence-corrected chi connectivity index (χ0v) is 6.87. The Labute approximate surface area is 65.1 Å². The van der Waals surface area contributed by atoms with Crippen molar-refractivity contribution in [3.63, 3.8) is 0 Å². The molecular weight excluding hydrogens is 156 g/mol. The predicted molar refractivity (Wildman–Crippen MR) is 44.3 cm³/mol. The Hall–Kier alpha value is 0.620. The molecule has 9 heavy (non-hydrogen) atoms. The Bertz CT molecular complexity index is 60.9. The molecule has 4 heteroatoms. The van der Waals surface area contributed by atoms with Crippen LogP contribution in [0.25, 0.3) is 0 Å². The molecule has 56 valence electrons. The smallest absolute Gasteiger partial charge is 0.0718 e. The first-order valence-electron chi connectivity index (χ1n) is 2.78. The molecular formula is C5H12O2S2. The van der Waals surface area contributed by atoms with Crippen molar-refractivity contribution in [3.8, 4) is 0 Å². The van der Waals surface area contributed by atoms with Crippen LogP contribution in [-0.4, -0.2) is 40.2 Å². The van der Waals surface area contributed by atoms with Gasteiger partial charge < -0.3 is 10.2 Å². The number of thiol groups is 1. The fourth-order valence-corrected chi connectivity index (χ4v) is 1.33. The Morgan fingerprint density at radius 2 is 2.22 bits per heavy atom. The van der Waals surface area contributed by atoms with Crippen molar-refractivity contribution in [2.45, 2.75) is 6.10 Å². The van der Waals surface area contributed by atoms with E-state index in [0.29, 0.717) is 17.3 Å². The summed E-state index contributed by atoms with van der Waals surface area (Å²) in [4.78, 5) is 0. The van der Waals surface area contributed by atoms with Crippen LogP contribution in [-0.2, 0) is 0 Å². The van der Waals surface area contributed by atoms with Crippen molar-refractivity contribution < 1.29 is 10.2 Å². The van der Waals surface area contributed by atoms with Gasteiger partial charge in [-0.15, -0.1) is 0 Å². The van der Waals surface area contributed by atoms with E-state index in [-0.39, 0.29) is 12.7 Å². The molecule has 2 nitrogen and oxygen atoms in total. The number of aliphatic hydroxyl groups is 2. The van der Waals surface area contributed by atoms with Crippen LogP contribution in [0.1, 0.15) is 0 Å². The van der Waals surface area contributed by atoms with Crippen LogP contribution in [0.2, 0.25) is 0 Å². The van der Waals surface area contributed by atoms with Gasteiger partial charge in [0.05, 0.1) is 12.7 Å². The zero-order chi connectivity index (χ0) is 7.11. The maximum atomic E-state index is 8.91. The topological polar surface area (TPSA) is 40.5 Å². The maximum absolute atomic E-state index is 8.91. The van der Waals surface area contributed by atoms with Gasteiger partial charge in [0.2, 0.25) is 0 Å². The number of hydrogen-bond donors (Lipinski definition) is 3. The zero-order valence-electron chi connectivity index (χ0n) is 5.16. The molecule has 0 aromatic heterocycles. The molecule has 0 amide bonds. The van der Waals surface area contributed by atoms with Crippen LogP contribution in [0, 0.1) is 0 Å². The Kier molecular flexibility index (Phi) is 7.20. The van der Waals surface area contributed by atoms with Gasteiger partial charge in [-0.05, 0) is 0 Å². The number of hydrogen-bond acceptors (Lipinski definition) is 4. The second-order valence-corrected chi connectivity index (χ2v) is 3.15. The molecule has 0 radical (unpaired) electrons. The molecule has 0 heterocycles. The van der Waals surface area contributed by atoms with Crippen LogP contribution < -0.4 is 0 Å². The van der Waals surface area contributed by atoms with E-state index in [9.17, 15) is 0 Å². The van der Waals surface area contributed by atoms with Crippen molar-refractivity contribution in [3.05, 3.63) is 0 Å². The van der Waals surface area contributed by atoms with E-state index in [1.54, 1.807) is 0 Å². The third-order valence-electron chi connectivity index (χ3n) is 0.757. The average molecular weight is 168 g/mol. The monoisotopic (exact) mass is 168 g/mol. The summed E-state index contributed by atoms with van der Waals surface area (Å²) in [6.45, 7) is 0.184. The lowest BCUT2D eigenvalue weighted by Gasteiger charge is -2.04. The van der Waals surface area contributed by atoms with E-state index < -0.39 is 0 Å². The first-order valence-corrected chi connectivity index (χ1v) is 4.57. The second-order valence-electron chi connectivity index (χ2n) is 1.63. The third-order valence-corrected chi connectivity index (χ3v) is 2.27. The summed E-state index contributed by atoms with van der Waals surface area (Å²) in [6.07, 6.45) is -0.329. The van der Waals surface area contributed by atoms with Gasteiger partial charge in [0.1, 0.15) is 0 Å². The number of aliphatic hydroxyl groups excluding tert-OH is 2.